The van der Waals surface area contributed by atoms with Gasteiger partial charge in [0, 0.05) is 0 Å². The third-order valence-electron chi connectivity index (χ3n) is 6.94. The fourth-order valence-electron chi connectivity index (χ4n) is 4.58. The monoisotopic (exact) mass is 500 g/mol. The lowest BCUT2D eigenvalue weighted by Gasteiger charge is -2.05. The number of aliphatic hydroxyl groups excluding tert-OH is 1. The van der Waals surface area contributed by atoms with E-state index < -0.39 is 12.1 Å². The number of carbonyl (C=O) groups is 1. The molecule has 2 N–H and O–H groups in total. The lowest BCUT2D eigenvalue weighted by Crippen LogP contribution is -2.18. The molecule has 3 nitrogen and oxygen atoms in total. The van der Waals surface area contributed by atoms with Gasteiger partial charge in [-0.15, -0.1) is 0 Å². The number of carboxylic acid groups (broad SMARTS) is 1. The van der Waals surface area contributed by atoms with Gasteiger partial charge in [0.2, 0.25) is 0 Å². The van der Waals surface area contributed by atoms with E-state index in [0.717, 1.165) is 12.8 Å². The number of aliphatic carboxylic acids is 1. The van der Waals surface area contributed by atoms with E-state index in [4.69, 9.17) is 5.11 Å². The van der Waals surface area contributed by atoms with Crippen LogP contribution in [-0.2, 0) is 4.79 Å². The molecule has 0 aliphatic heterocycles. The van der Waals surface area contributed by atoms with Gasteiger partial charge in [-0.3, -0.25) is 0 Å². The molecule has 0 aromatic rings. The van der Waals surface area contributed by atoms with E-state index in [-0.39, 0.29) is 0 Å². The molecule has 0 aromatic heterocycles. The number of hydrogen-bond acceptors (Lipinski definition) is 3. The highest BCUT2D eigenvalue weighted by Gasteiger charge is 2.11. The molecule has 0 bridgehead atoms. The highest BCUT2D eigenvalue weighted by molar-refractivity contribution is 7.99. The van der Waals surface area contributed by atoms with Crippen LogP contribution < -0.4 is 0 Å². The molecule has 204 valence electrons. The molecule has 0 amide bonds. The maximum atomic E-state index is 10.5. The van der Waals surface area contributed by atoms with E-state index in [1.54, 1.807) is 0 Å². The largest absolute Gasteiger partial charge is 0.479 e. The van der Waals surface area contributed by atoms with Crippen LogP contribution in [-0.4, -0.2) is 33.8 Å². The maximum absolute atomic E-state index is 10.5. The zero-order chi connectivity index (χ0) is 25.0. The molecule has 4 heteroatoms. The average molecular weight is 501 g/mol. The summed E-state index contributed by atoms with van der Waals surface area (Å²) in [5.74, 6) is 1.62. The third kappa shape index (κ3) is 28.0. The van der Waals surface area contributed by atoms with E-state index in [1.165, 1.54) is 153 Å². The van der Waals surface area contributed by atoms with Crippen molar-refractivity contribution in [1.29, 1.82) is 0 Å². The molecule has 0 aliphatic rings. The molecular weight excluding hydrogens is 440 g/mol. The Morgan fingerprint density at radius 1 is 0.529 bits per heavy atom. The summed E-state index contributed by atoms with van der Waals surface area (Å²) in [6.07, 6.45) is 31.9. The summed E-state index contributed by atoms with van der Waals surface area (Å²) in [5, 5.41) is 17.8. The Hall–Kier alpha value is -0.220. The topological polar surface area (TPSA) is 57.5 Å². The predicted molar refractivity (Wildman–Crippen MR) is 152 cm³/mol. The molecule has 0 aliphatic carbocycles. The molecule has 0 spiro atoms. The van der Waals surface area contributed by atoms with Crippen LogP contribution in [0.1, 0.15) is 167 Å². The number of rotatable bonds is 29. The Kier molecular flexibility index (Phi) is 28.8. The Balaban J connectivity index is 3.05. The molecule has 1 atom stereocenters. The number of carboxylic acids is 1. The standard InChI is InChI=1S/C30H60O3S/c1-2-3-4-5-6-7-8-9-10-12-15-18-21-24-27-34-28-25-22-19-16-13-11-14-17-20-23-26-29(31)30(32)33/h29,31H,2-28H2,1H3,(H,32,33). The summed E-state index contributed by atoms with van der Waals surface area (Å²) < 4.78 is 0. The SMILES string of the molecule is CCCCCCCCCCCCCCCCSCCCCCCCCCCCCC(O)C(=O)O. The van der Waals surface area contributed by atoms with Gasteiger partial charge in [0.05, 0.1) is 0 Å². The number of hydrogen-bond donors (Lipinski definition) is 2. The highest BCUT2D eigenvalue weighted by atomic mass is 32.2. The smallest absolute Gasteiger partial charge is 0.332 e. The second kappa shape index (κ2) is 29.0. The second-order valence-corrected chi connectivity index (χ2v) is 11.6. The summed E-state index contributed by atoms with van der Waals surface area (Å²) in [6, 6.07) is 0. The first-order valence-corrected chi connectivity index (χ1v) is 16.3. The molecule has 34 heavy (non-hydrogen) atoms. The molecule has 0 rings (SSSR count). The van der Waals surface area contributed by atoms with Crippen molar-refractivity contribution in [2.24, 2.45) is 0 Å². The van der Waals surface area contributed by atoms with Gasteiger partial charge < -0.3 is 10.2 Å². The van der Waals surface area contributed by atoms with E-state index in [0.29, 0.717) is 6.42 Å². The first kappa shape index (κ1) is 33.8. The quantitative estimate of drug-likeness (QED) is 0.100. The van der Waals surface area contributed by atoms with Gasteiger partial charge in [-0.1, -0.05) is 148 Å². The van der Waals surface area contributed by atoms with E-state index in [2.05, 4.69) is 18.7 Å². The highest BCUT2D eigenvalue weighted by Crippen LogP contribution is 2.16. The van der Waals surface area contributed by atoms with Crippen LogP contribution in [0.25, 0.3) is 0 Å². The molecule has 0 saturated carbocycles. The van der Waals surface area contributed by atoms with Crippen molar-refractivity contribution in [3.8, 4) is 0 Å². The zero-order valence-electron chi connectivity index (χ0n) is 22.9. The van der Waals surface area contributed by atoms with Gasteiger partial charge in [-0.2, -0.15) is 11.8 Å². The lowest BCUT2D eigenvalue weighted by molar-refractivity contribution is -0.146. The van der Waals surface area contributed by atoms with Crippen LogP contribution in [0.5, 0.6) is 0 Å². The van der Waals surface area contributed by atoms with Gasteiger partial charge in [0.1, 0.15) is 0 Å². The number of unbranched alkanes of at least 4 members (excludes halogenated alkanes) is 22. The summed E-state index contributed by atoms with van der Waals surface area (Å²) >= 11 is 2.17. The fraction of sp³-hybridized carbons (Fsp3) is 0.967. The summed E-state index contributed by atoms with van der Waals surface area (Å²) in [7, 11) is 0. The Labute approximate surface area is 217 Å². The normalized spacial score (nSPS) is 12.3. The lowest BCUT2D eigenvalue weighted by atomic mass is 10.0. The molecule has 1 unspecified atom stereocenters. The van der Waals surface area contributed by atoms with Crippen molar-refractivity contribution in [2.45, 2.75) is 174 Å². The van der Waals surface area contributed by atoms with Crippen molar-refractivity contribution < 1.29 is 15.0 Å². The first-order chi connectivity index (χ1) is 16.7. The summed E-state index contributed by atoms with van der Waals surface area (Å²) in [4.78, 5) is 10.5. The van der Waals surface area contributed by atoms with Gasteiger partial charge in [-0.05, 0) is 30.8 Å². The second-order valence-electron chi connectivity index (χ2n) is 10.4. The molecular formula is C30H60O3S. The van der Waals surface area contributed by atoms with Crippen molar-refractivity contribution in [2.75, 3.05) is 11.5 Å². The fourth-order valence-corrected chi connectivity index (χ4v) is 5.60. The summed E-state index contributed by atoms with van der Waals surface area (Å²) in [6.45, 7) is 2.29. The maximum Gasteiger partial charge on any atom is 0.332 e. The van der Waals surface area contributed by atoms with Crippen molar-refractivity contribution in [3.05, 3.63) is 0 Å². The minimum absolute atomic E-state index is 0.396. The summed E-state index contributed by atoms with van der Waals surface area (Å²) in [5.41, 5.74) is 0. The van der Waals surface area contributed by atoms with E-state index in [1.807, 2.05) is 0 Å². The Bertz CT molecular complexity index is 403. The van der Waals surface area contributed by atoms with Gasteiger partial charge >= 0.3 is 5.97 Å². The van der Waals surface area contributed by atoms with Gasteiger partial charge in [-0.25, -0.2) is 4.79 Å². The van der Waals surface area contributed by atoms with Crippen LogP contribution in [0.15, 0.2) is 0 Å². The van der Waals surface area contributed by atoms with Crippen molar-refractivity contribution in [1.82, 2.24) is 0 Å². The van der Waals surface area contributed by atoms with Crippen LogP contribution in [0.4, 0.5) is 0 Å². The van der Waals surface area contributed by atoms with E-state index in [9.17, 15) is 9.90 Å². The molecule has 0 radical (unpaired) electrons. The van der Waals surface area contributed by atoms with Crippen molar-refractivity contribution in [3.63, 3.8) is 0 Å². The van der Waals surface area contributed by atoms with Gasteiger partial charge in [0.15, 0.2) is 6.10 Å². The zero-order valence-corrected chi connectivity index (χ0v) is 23.7. The Morgan fingerprint density at radius 3 is 1.15 bits per heavy atom. The minimum Gasteiger partial charge on any atom is -0.479 e. The van der Waals surface area contributed by atoms with Crippen LogP contribution in [0.2, 0.25) is 0 Å². The van der Waals surface area contributed by atoms with Crippen LogP contribution in [0.3, 0.4) is 0 Å². The number of thioether (sulfide) groups is 1. The van der Waals surface area contributed by atoms with Gasteiger partial charge in [0.25, 0.3) is 0 Å². The van der Waals surface area contributed by atoms with Crippen LogP contribution in [0, 0.1) is 0 Å². The molecule has 0 fully saturated rings. The third-order valence-corrected chi connectivity index (χ3v) is 8.10. The van der Waals surface area contributed by atoms with E-state index >= 15 is 0 Å². The molecule has 0 aromatic carbocycles. The average Bonchev–Trinajstić information content (AvgIpc) is 2.83. The van der Waals surface area contributed by atoms with Crippen LogP contribution >= 0.6 is 11.8 Å². The molecule has 0 heterocycles. The first-order valence-electron chi connectivity index (χ1n) is 15.2. The number of aliphatic hydroxyl groups is 1. The van der Waals surface area contributed by atoms with Crippen molar-refractivity contribution >= 4 is 17.7 Å². The molecule has 0 saturated heterocycles. The predicted octanol–water partition coefficient (Wildman–Crippen LogP) is 9.94. The Morgan fingerprint density at radius 2 is 0.824 bits per heavy atom. The minimum atomic E-state index is -1.17.